The van der Waals surface area contributed by atoms with E-state index in [9.17, 15) is 9.59 Å². The molecule has 1 amide bonds. The first-order valence-corrected chi connectivity index (χ1v) is 11.2. The Balaban J connectivity index is 1.51. The van der Waals surface area contributed by atoms with Crippen molar-refractivity contribution in [3.05, 3.63) is 65.7 Å². The van der Waals surface area contributed by atoms with E-state index in [1.165, 1.54) is 0 Å². The van der Waals surface area contributed by atoms with E-state index in [-0.39, 0.29) is 11.9 Å². The van der Waals surface area contributed by atoms with Crippen LogP contribution < -0.4 is 10.2 Å². The molecule has 0 unspecified atom stereocenters. The van der Waals surface area contributed by atoms with Gasteiger partial charge in [0.25, 0.3) is 0 Å². The maximum absolute atomic E-state index is 13.7. The largest absolute Gasteiger partial charge is 0.461 e. The molecule has 1 spiro atoms. The lowest BCUT2D eigenvalue weighted by Crippen LogP contribution is -2.55. The Morgan fingerprint density at radius 2 is 1.84 bits per heavy atom. The lowest BCUT2D eigenvalue weighted by molar-refractivity contribution is -0.133. The third-order valence-corrected chi connectivity index (χ3v) is 6.32. The fourth-order valence-corrected chi connectivity index (χ4v) is 4.58. The molecule has 0 radical (unpaired) electrons. The molecule has 0 saturated carbocycles. The Bertz CT molecular complexity index is 941. The number of ether oxygens (including phenoxy) is 1. The molecule has 32 heavy (non-hydrogen) atoms. The second kappa shape index (κ2) is 9.71. The van der Waals surface area contributed by atoms with Crippen LogP contribution in [0.4, 0.5) is 5.69 Å². The van der Waals surface area contributed by atoms with Crippen molar-refractivity contribution in [2.24, 2.45) is 0 Å². The molecule has 0 aromatic heterocycles. The van der Waals surface area contributed by atoms with Crippen molar-refractivity contribution < 1.29 is 14.3 Å². The predicted molar refractivity (Wildman–Crippen MR) is 124 cm³/mol. The number of amides is 1. The summed E-state index contributed by atoms with van der Waals surface area (Å²) >= 11 is 0. The average molecular weight is 437 g/mol. The van der Waals surface area contributed by atoms with Gasteiger partial charge in [0.05, 0.1) is 12.2 Å². The van der Waals surface area contributed by atoms with Crippen molar-refractivity contribution >= 4 is 17.6 Å². The Morgan fingerprint density at radius 1 is 1.09 bits per heavy atom. The number of esters is 1. The SMILES string of the molecule is CN(C)CCOC(=O)c1cccc(CN2CN(c3ccccc3)C3(CCNCC3)C2=O)c1. The Kier molecular flexibility index (Phi) is 6.77. The first-order chi connectivity index (χ1) is 15.5. The summed E-state index contributed by atoms with van der Waals surface area (Å²) in [4.78, 5) is 32.2. The third-order valence-electron chi connectivity index (χ3n) is 6.32. The van der Waals surface area contributed by atoms with Gasteiger partial charge in [0.15, 0.2) is 0 Å². The standard InChI is InChI=1S/C25H32N4O3/c1-27(2)15-16-32-23(30)21-8-6-7-20(17-21)18-28-19-29(22-9-4-3-5-10-22)25(24(28)31)11-13-26-14-12-25/h3-10,17,26H,11-16,18-19H2,1-2H3. The number of nitrogens with zero attached hydrogens (tertiary/aromatic N) is 3. The number of benzene rings is 2. The minimum absolute atomic E-state index is 0.168. The second-order valence-corrected chi connectivity index (χ2v) is 8.83. The van der Waals surface area contributed by atoms with Gasteiger partial charge in [0.2, 0.25) is 5.91 Å². The molecule has 2 heterocycles. The molecule has 0 bridgehead atoms. The molecule has 4 rings (SSSR count). The molecule has 2 aliphatic heterocycles. The Labute approximate surface area is 189 Å². The number of rotatable bonds is 7. The topological polar surface area (TPSA) is 65.1 Å². The summed E-state index contributed by atoms with van der Waals surface area (Å²) < 4.78 is 5.37. The lowest BCUT2D eigenvalue weighted by Gasteiger charge is -2.40. The fraction of sp³-hybridized carbons (Fsp3) is 0.440. The summed E-state index contributed by atoms with van der Waals surface area (Å²) in [5.74, 6) is -0.163. The van der Waals surface area contributed by atoms with Gasteiger partial charge in [-0.1, -0.05) is 30.3 Å². The highest BCUT2D eigenvalue weighted by atomic mass is 16.5. The van der Waals surface area contributed by atoms with Gasteiger partial charge in [0.1, 0.15) is 12.1 Å². The molecule has 7 heteroatoms. The van der Waals surface area contributed by atoms with Crippen molar-refractivity contribution in [1.82, 2.24) is 15.1 Å². The molecule has 2 aromatic carbocycles. The smallest absolute Gasteiger partial charge is 0.338 e. The summed E-state index contributed by atoms with van der Waals surface area (Å²) in [7, 11) is 3.88. The van der Waals surface area contributed by atoms with Crippen molar-refractivity contribution in [3.63, 3.8) is 0 Å². The predicted octanol–water partition coefficient (Wildman–Crippen LogP) is 2.33. The minimum atomic E-state index is -0.505. The van der Waals surface area contributed by atoms with Crippen LogP contribution in [-0.4, -0.2) is 74.2 Å². The molecule has 7 nitrogen and oxygen atoms in total. The van der Waals surface area contributed by atoms with E-state index in [2.05, 4.69) is 22.3 Å². The van der Waals surface area contributed by atoms with Gasteiger partial charge in [0, 0.05) is 18.8 Å². The number of hydrogen-bond donors (Lipinski definition) is 1. The highest BCUT2D eigenvalue weighted by molar-refractivity contribution is 5.94. The van der Waals surface area contributed by atoms with Gasteiger partial charge in [-0.3, -0.25) is 4.79 Å². The van der Waals surface area contributed by atoms with Crippen LogP contribution in [0, 0.1) is 0 Å². The van der Waals surface area contributed by atoms with Gasteiger partial charge in [-0.05, 0) is 69.9 Å². The summed E-state index contributed by atoms with van der Waals surface area (Å²) in [6.45, 7) is 3.70. The van der Waals surface area contributed by atoms with E-state index in [1.807, 2.05) is 60.3 Å². The van der Waals surface area contributed by atoms with Crippen LogP contribution in [0.1, 0.15) is 28.8 Å². The summed E-state index contributed by atoms with van der Waals surface area (Å²) in [5.41, 5.74) is 2.02. The number of hydrogen-bond acceptors (Lipinski definition) is 6. The third kappa shape index (κ3) is 4.64. The van der Waals surface area contributed by atoms with Crippen LogP contribution in [0.25, 0.3) is 0 Å². The molecule has 0 atom stereocenters. The highest BCUT2D eigenvalue weighted by Crippen LogP contribution is 2.38. The van der Waals surface area contributed by atoms with Crippen LogP contribution in [-0.2, 0) is 16.1 Å². The van der Waals surface area contributed by atoms with E-state index in [0.717, 1.165) is 37.2 Å². The maximum Gasteiger partial charge on any atom is 0.338 e. The number of anilines is 1. The zero-order valence-corrected chi connectivity index (χ0v) is 18.9. The zero-order valence-electron chi connectivity index (χ0n) is 18.9. The Morgan fingerprint density at radius 3 is 2.56 bits per heavy atom. The van der Waals surface area contributed by atoms with Gasteiger partial charge < -0.3 is 24.8 Å². The van der Waals surface area contributed by atoms with Crippen molar-refractivity contribution in [2.75, 3.05) is 51.9 Å². The molecule has 2 aromatic rings. The summed E-state index contributed by atoms with van der Waals surface area (Å²) in [6, 6.07) is 17.6. The quantitative estimate of drug-likeness (QED) is 0.672. The van der Waals surface area contributed by atoms with E-state index in [4.69, 9.17) is 4.74 Å². The molecule has 0 aliphatic carbocycles. The zero-order chi connectivity index (χ0) is 22.6. The normalized spacial score (nSPS) is 17.9. The molecule has 2 aliphatic rings. The lowest BCUT2D eigenvalue weighted by atomic mass is 9.86. The first-order valence-electron chi connectivity index (χ1n) is 11.2. The van der Waals surface area contributed by atoms with E-state index in [0.29, 0.717) is 31.9 Å². The molecule has 2 fully saturated rings. The van der Waals surface area contributed by atoms with E-state index in [1.54, 1.807) is 6.07 Å². The maximum atomic E-state index is 13.7. The average Bonchev–Trinajstić information content (AvgIpc) is 3.06. The first kappa shape index (κ1) is 22.3. The number of piperidine rings is 1. The van der Waals surface area contributed by atoms with Crippen LogP contribution in [0.2, 0.25) is 0 Å². The number of likely N-dealkylation sites (N-methyl/N-ethyl adjacent to an activating group) is 1. The number of carbonyl (C=O) groups is 2. The summed E-state index contributed by atoms with van der Waals surface area (Å²) in [6.07, 6.45) is 1.57. The van der Waals surface area contributed by atoms with E-state index >= 15 is 0 Å². The van der Waals surface area contributed by atoms with Crippen molar-refractivity contribution in [2.45, 2.75) is 24.9 Å². The van der Waals surface area contributed by atoms with Crippen molar-refractivity contribution in [3.8, 4) is 0 Å². The highest BCUT2D eigenvalue weighted by Gasteiger charge is 2.52. The molecule has 2 saturated heterocycles. The molecular weight excluding hydrogens is 404 g/mol. The number of nitrogens with one attached hydrogen (secondary N) is 1. The number of carbonyl (C=O) groups excluding carboxylic acids is 2. The second-order valence-electron chi connectivity index (χ2n) is 8.83. The van der Waals surface area contributed by atoms with Gasteiger partial charge >= 0.3 is 5.97 Å². The molecule has 1 N–H and O–H groups in total. The fourth-order valence-electron chi connectivity index (χ4n) is 4.58. The van der Waals surface area contributed by atoms with Crippen LogP contribution in [0.15, 0.2) is 54.6 Å². The molecular formula is C25H32N4O3. The van der Waals surface area contributed by atoms with Gasteiger partial charge in [-0.2, -0.15) is 0 Å². The monoisotopic (exact) mass is 436 g/mol. The van der Waals surface area contributed by atoms with Crippen LogP contribution >= 0.6 is 0 Å². The van der Waals surface area contributed by atoms with E-state index < -0.39 is 5.54 Å². The summed E-state index contributed by atoms with van der Waals surface area (Å²) in [5, 5.41) is 3.38. The van der Waals surface area contributed by atoms with Crippen LogP contribution in [0.5, 0.6) is 0 Å². The minimum Gasteiger partial charge on any atom is -0.461 e. The Hall–Kier alpha value is -2.90. The van der Waals surface area contributed by atoms with Crippen molar-refractivity contribution in [1.29, 1.82) is 0 Å². The van der Waals surface area contributed by atoms with Crippen LogP contribution in [0.3, 0.4) is 0 Å². The molecule has 170 valence electrons. The number of para-hydroxylation sites is 1. The van der Waals surface area contributed by atoms with Gasteiger partial charge in [-0.25, -0.2) is 4.79 Å². The van der Waals surface area contributed by atoms with Gasteiger partial charge in [-0.15, -0.1) is 0 Å².